The number of piperazine rings is 1. The summed E-state index contributed by atoms with van der Waals surface area (Å²) in [4.78, 5) is 17.3. The third kappa shape index (κ3) is 5.32. The van der Waals surface area contributed by atoms with Crippen LogP contribution in [0, 0.1) is 6.92 Å². The SMILES string of the molecule is Cc1cccc(C(C)C)c1CC(=O)N1CCN(C/C=C\c2ccccc2)CC1. The van der Waals surface area contributed by atoms with E-state index in [-0.39, 0.29) is 5.91 Å². The summed E-state index contributed by atoms with van der Waals surface area (Å²) in [6.07, 6.45) is 4.91. The fraction of sp³-hybridized carbons (Fsp3) is 0.400. The van der Waals surface area contributed by atoms with Gasteiger partial charge < -0.3 is 4.90 Å². The predicted octanol–water partition coefficient (Wildman–Crippen LogP) is 4.52. The fourth-order valence-electron chi connectivity index (χ4n) is 3.85. The van der Waals surface area contributed by atoms with E-state index < -0.39 is 0 Å². The third-order valence-corrected chi connectivity index (χ3v) is 5.59. The summed E-state index contributed by atoms with van der Waals surface area (Å²) in [6.45, 7) is 11.0. The molecule has 0 radical (unpaired) electrons. The number of carbonyl (C=O) groups excluding carboxylic acids is 1. The molecule has 2 aromatic carbocycles. The molecule has 0 bridgehead atoms. The first-order valence-corrected chi connectivity index (χ1v) is 10.3. The van der Waals surface area contributed by atoms with Gasteiger partial charge in [-0.05, 0) is 35.1 Å². The molecular formula is C25H32N2O. The molecule has 0 aromatic heterocycles. The summed E-state index contributed by atoms with van der Waals surface area (Å²) in [5.41, 5.74) is 4.98. The van der Waals surface area contributed by atoms with Gasteiger partial charge in [-0.1, -0.05) is 74.5 Å². The van der Waals surface area contributed by atoms with Gasteiger partial charge in [0.15, 0.2) is 0 Å². The minimum atomic E-state index is 0.260. The maximum Gasteiger partial charge on any atom is 0.227 e. The van der Waals surface area contributed by atoms with Crippen LogP contribution in [0.4, 0.5) is 0 Å². The van der Waals surface area contributed by atoms with E-state index in [0.717, 1.165) is 32.7 Å². The molecule has 0 N–H and O–H groups in total. The molecule has 0 atom stereocenters. The summed E-state index contributed by atoms with van der Waals surface area (Å²) in [6, 6.07) is 16.8. The molecule has 1 aliphatic heterocycles. The van der Waals surface area contributed by atoms with Crippen LogP contribution in [0.3, 0.4) is 0 Å². The Morgan fingerprint density at radius 2 is 1.71 bits per heavy atom. The number of hydrogen-bond acceptors (Lipinski definition) is 2. The fourth-order valence-corrected chi connectivity index (χ4v) is 3.85. The number of rotatable bonds is 6. The second-order valence-corrected chi connectivity index (χ2v) is 7.97. The average Bonchev–Trinajstić information content (AvgIpc) is 2.70. The van der Waals surface area contributed by atoms with Gasteiger partial charge in [-0.2, -0.15) is 0 Å². The summed E-state index contributed by atoms with van der Waals surface area (Å²) < 4.78 is 0. The lowest BCUT2D eigenvalue weighted by molar-refractivity contribution is -0.132. The Morgan fingerprint density at radius 1 is 1.00 bits per heavy atom. The average molecular weight is 377 g/mol. The Bertz CT molecular complexity index is 803. The topological polar surface area (TPSA) is 23.6 Å². The predicted molar refractivity (Wildman–Crippen MR) is 117 cm³/mol. The molecule has 0 unspecified atom stereocenters. The summed E-state index contributed by atoms with van der Waals surface area (Å²) in [5, 5.41) is 0. The quantitative estimate of drug-likeness (QED) is 0.740. The lowest BCUT2D eigenvalue weighted by atomic mass is 9.91. The zero-order chi connectivity index (χ0) is 19.9. The molecule has 148 valence electrons. The highest BCUT2D eigenvalue weighted by Gasteiger charge is 2.22. The molecule has 3 nitrogen and oxygen atoms in total. The first-order valence-electron chi connectivity index (χ1n) is 10.3. The molecule has 0 saturated carbocycles. The zero-order valence-electron chi connectivity index (χ0n) is 17.4. The number of amides is 1. The Morgan fingerprint density at radius 3 is 2.39 bits per heavy atom. The molecule has 1 aliphatic rings. The summed E-state index contributed by atoms with van der Waals surface area (Å²) >= 11 is 0. The van der Waals surface area contributed by atoms with E-state index in [1.54, 1.807) is 0 Å². The largest absolute Gasteiger partial charge is 0.340 e. The van der Waals surface area contributed by atoms with E-state index >= 15 is 0 Å². The Kier molecular flexibility index (Phi) is 7.05. The van der Waals surface area contributed by atoms with E-state index in [0.29, 0.717) is 12.3 Å². The smallest absolute Gasteiger partial charge is 0.227 e. The van der Waals surface area contributed by atoms with Crippen LogP contribution in [-0.4, -0.2) is 48.4 Å². The van der Waals surface area contributed by atoms with Crippen molar-refractivity contribution in [2.75, 3.05) is 32.7 Å². The van der Waals surface area contributed by atoms with Crippen molar-refractivity contribution in [3.8, 4) is 0 Å². The molecule has 3 rings (SSSR count). The zero-order valence-corrected chi connectivity index (χ0v) is 17.4. The maximum atomic E-state index is 12.9. The van der Waals surface area contributed by atoms with Crippen molar-refractivity contribution in [1.82, 2.24) is 9.80 Å². The number of benzene rings is 2. The molecule has 28 heavy (non-hydrogen) atoms. The lowest BCUT2D eigenvalue weighted by Gasteiger charge is -2.34. The standard InChI is InChI=1S/C25H32N2O/c1-20(2)23-13-7-9-21(3)24(23)19-25(28)27-17-15-26(16-18-27)14-8-12-22-10-5-4-6-11-22/h4-13,20H,14-19H2,1-3H3/b12-8-. The molecule has 1 heterocycles. The highest BCUT2D eigenvalue weighted by molar-refractivity contribution is 5.79. The molecule has 1 fully saturated rings. The molecule has 2 aromatic rings. The van der Waals surface area contributed by atoms with Gasteiger partial charge in [0.2, 0.25) is 5.91 Å². The van der Waals surface area contributed by atoms with Crippen LogP contribution in [0.2, 0.25) is 0 Å². The number of aryl methyl sites for hydroxylation is 1. The van der Waals surface area contributed by atoms with Crippen LogP contribution in [0.25, 0.3) is 6.08 Å². The third-order valence-electron chi connectivity index (χ3n) is 5.59. The van der Waals surface area contributed by atoms with Gasteiger partial charge in [-0.3, -0.25) is 9.69 Å². The van der Waals surface area contributed by atoms with Gasteiger partial charge in [0.05, 0.1) is 6.42 Å². The molecule has 1 saturated heterocycles. The number of carbonyl (C=O) groups is 1. The van der Waals surface area contributed by atoms with E-state index in [4.69, 9.17) is 0 Å². The van der Waals surface area contributed by atoms with Gasteiger partial charge in [0, 0.05) is 32.7 Å². The molecular weight excluding hydrogens is 344 g/mol. The van der Waals surface area contributed by atoms with Crippen LogP contribution < -0.4 is 0 Å². The summed E-state index contributed by atoms with van der Waals surface area (Å²) in [5.74, 6) is 0.701. The van der Waals surface area contributed by atoms with Crippen molar-refractivity contribution >= 4 is 12.0 Å². The van der Waals surface area contributed by atoms with Crippen molar-refractivity contribution in [1.29, 1.82) is 0 Å². The van der Waals surface area contributed by atoms with E-state index in [9.17, 15) is 4.79 Å². The number of nitrogens with zero attached hydrogens (tertiary/aromatic N) is 2. The number of hydrogen-bond donors (Lipinski definition) is 0. The van der Waals surface area contributed by atoms with Gasteiger partial charge in [-0.15, -0.1) is 0 Å². The van der Waals surface area contributed by atoms with Crippen LogP contribution in [0.1, 0.15) is 42.0 Å². The first-order chi connectivity index (χ1) is 13.5. The van der Waals surface area contributed by atoms with Crippen LogP contribution in [0.15, 0.2) is 54.6 Å². The molecule has 3 heteroatoms. The van der Waals surface area contributed by atoms with Crippen molar-refractivity contribution in [3.63, 3.8) is 0 Å². The minimum Gasteiger partial charge on any atom is -0.340 e. The van der Waals surface area contributed by atoms with Crippen LogP contribution in [-0.2, 0) is 11.2 Å². The molecule has 1 amide bonds. The van der Waals surface area contributed by atoms with Crippen LogP contribution >= 0.6 is 0 Å². The van der Waals surface area contributed by atoms with Crippen molar-refractivity contribution in [2.24, 2.45) is 0 Å². The molecule has 0 spiro atoms. The van der Waals surface area contributed by atoms with Crippen LogP contribution in [0.5, 0.6) is 0 Å². The Balaban J connectivity index is 1.51. The second-order valence-electron chi connectivity index (χ2n) is 7.97. The first kappa shape index (κ1) is 20.3. The van der Waals surface area contributed by atoms with Crippen molar-refractivity contribution < 1.29 is 4.79 Å². The monoisotopic (exact) mass is 376 g/mol. The lowest BCUT2D eigenvalue weighted by Crippen LogP contribution is -2.49. The van der Waals surface area contributed by atoms with Gasteiger partial charge >= 0.3 is 0 Å². The second kappa shape index (κ2) is 9.70. The normalized spacial score (nSPS) is 15.5. The van der Waals surface area contributed by atoms with Crippen molar-refractivity contribution in [3.05, 3.63) is 76.9 Å². The Labute approximate surface area is 169 Å². The van der Waals surface area contributed by atoms with Crippen molar-refractivity contribution in [2.45, 2.75) is 33.1 Å². The van der Waals surface area contributed by atoms with Gasteiger partial charge in [-0.25, -0.2) is 0 Å². The van der Waals surface area contributed by atoms with E-state index in [1.807, 2.05) is 11.0 Å². The van der Waals surface area contributed by atoms with E-state index in [1.165, 1.54) is 22.3 Å². The van der Waals surface area contributed by atoms with Gasteiger partial charge in [0.1, 0.15) is 0 Å². The highest BCUT2D eigenvalue weighted by Crippen LogP contribution is 2.23. The van der Waals surface area contributed by atoms with Gasteiger partial charge in [0.25, 0.3) is 0 Å². The highest BCUT2D eigenvalue weighted by atomic mass is 16.2. The maximum absolute atomic E-state index is 12.9. The summed E-state index contributed by atoms with van der Waals surface area (Å²) in [7, 11) is 0. The molecule has 0 aliphatic carbocycles. The minimum absolute atomic E-state index is 0.260. The van der Waals surface area contributed by atoms with E-state index in [2.05, 4.69) is 80.3 Å². The Hall–Kier alpha value is -2.39.